The summed E-state index contributed by atoms with van der Waals surface area (Å²) >= 11 is 0. The number of nitrogens with zero attached hydrogens (tertiary/aromatic N) is 4. The molecule has 0 spiro atoms. The molecule has 0 N–H and O–H groups in total. The highest BCUT2D eigenvalue weighted by Crippen LogP contribution is 2.42. The van der Waals surface area contributed by atoms with E-state index in [4.69, 9.17) is 19.9 Å². The predicted molar refractivity (Wildman–Crippen MR) is 249 cm³/mol. The topological polar surface area (TPSA) is 51.0 Å². The van der Waals surface area contributed by atoms with Crippen molar-refractivity contribution in [2.75, 3.05) is 0 Å². The number of rotatable bonds is 9. The van der Waals surface area contributed by atoms with Crippen LogP contribution in [0.1, 0.15) is 137 Å². The fraction of sp³-hybridized carbons (Fsp3) is 0.357. The molecule has 2 heterocycles. The zero-order valence-electron chi connectivity index (χ0n) is 35.1. The summed E-state index contributed by atoms with van der Waals surface area (Å²) in [6, 6.07) is 19.9. The van der Waals surface area contributed by atoms with Gasteiger partial charge >= 0.3 is 0 Å². The maximum absolute atomic E-state index is 5.32. The number of allylic oxidation sites excluding steroid dienone is 19. The van der Waals surface area contributed by atoms with E-state index in [1.54, 1.807) is 5.57 Å². The minimum atomic E-state index is 0.292. The van der Waals surface area contributed by atoms with Crippen LogP contribution in [0.4, 0.5) is 0 Å². The Kier molecular flexibility index (Phi) is 11.6. The highest BCUT2D eigenvalue weighted by molar-refractivity contribution is 6.07. The van der Waals surface area contributed by atoms with Crippen molar-refractivity contribution in [2.24, 2.45) is 16.8 Å². The van der Waals surface area contributed by atoms with Crippen LogP contribution in [0.5, 0.6) is 0 Å². The smallest absolute Gasteiger partial charge is 0.163 e. The predicted octanol–water partition coefficient (Wildman–Crippen LogP) is 14.3. The zero-order chi connectivity index (χ0) is 40.1. The fourth-order valence-corrected chi connectivity index (χ4v) is 10.6. The van der Waals surface area contributed by atoms with E-state index in [9.17, 15) is 0 Å². The molecule has 7 aliphatic rings. The van der Waals surface area contributed by atoms with Crippen molar-refractivity contribution in [3.8, 4) is 11.4 Å². The summed E-state index contributed by atoms with van der Waals surface area (Å²) < 4.78 is 0. The molecule has 0 amide bonds. The van der Waals surface area contributed by atoms with Gasteiger partial charge in [0.2, 0.25) is 0 Å². The first-order valence-corrected chi connectivity index (χ1v) is 23.1. The summed E-state index contributed by atoms with van der Waals surface area (Å²) in [5.41, 5.74) is 13.5. The maximum Gasteiger partial charge on any atom is 0.163 e. The van der Waals surface area contributed by atoms with Crippen LogP contribution in [0.25, 0.3) is 17.0 Å². The molecule has 0 bridgehead atoms. The van der Waals surface area contributed by atoms with Crippen LogP contribution >= 0.6 is 0 Å². The van der Waals surface area contributed by atoms with Gasteiger partial charge in [-0.3, -0.25) is 4.99 Å². The minimum absolute atomic E-state index is 0.292. The van der Waals surface area contributed by atoms with E-state index in [2.05, 4.69) is 140 Å². The van der Waals surface area contributed by atoms with Gasteiger partial charge in [0, 0.05) is 41.0 Å². The molecule has 2 aromatic carbocycles. The van der Waals surface area contributed by atoms with Crippen molar-refractivity contribution in [1.29, 1.82) is 0 Å². The Morgan fingerprint density at radius 2 is 1.50 bits per heavy atom. The second-order valence-corrected chi connectivity index (χ2v) is 17.9. The molecule has 1 aromatic heterocycles. The number of hydrogen-bond acceptors (Lipinski definition) is 4. The summed E-state index contributed by atoms with van der Waals surface area (Å²) in [7, 11) is 0. The quantitative estimate of drug-likeness (QED) is 0.203. The first-order chi connectivity index (χ1) is 29.7. The van der Waals surface area contributed by atoms with E-state index >= 15 is 0 Å². The van der Waals surface area contributed by atoms with Gasteiger partial charge in [0.05, 0.1) is 5.71 Å². The van der Waals surface area contributed by atoms with Gasteiger partial charge in [0.1, 0.15) is 5.82 Å². The third-order valence-electron chi connectivity index (χ3n) is 14.0. The molecule has 0 fully saturated rings. The monoisotopic (exact) mass is 786 g/mol. The third-order valence-corrected chi connectivity index (χ3v) is 14.0. The molecule has 4 heteroatoms. The Hall–Kier alpha value is -5.48. The van der Waals surface area contributed by atoms with Gasteiger partial charge in [0.25, 0.3) is 0 Å². The molecular weight excluding hydrogens is 729 g/mol. The molecule has 0 saturated heterocycles. The molecular formula is C56H58N4. The van der Waals surface area contributed by atoms with E-state index in [1.807, 2.05) is 0 Å². The molecule has 3 aromatic rings. The molecule has 6 aliphatic carbocycles. The van der Waals surface area contributed by atoms with Crippen LogP contribution in [0.3, 0.4) is 0 Å². The molecule has 0 saturated carbocycles. The van der Waals surface area contributed by atoms with Gasteiger partial charge in [0.15, 0.2) is 11.6 Å². The van der Waals surface area contributed by atoms with Crippen molar-refractivity contribution in [2.45, 2.75) is 114 Å². The average molecular weight is 787 g/mol. The van der Waals surface area contributed by atoms with Crippen molar-refractivity contribution < 1.29 is 0 Å². The molecule has 10 rings (SSSR count). The van der Waals surface area contributed by atoms with Crippen molar-refractivity contribution in [3.63, 3.8) is 0 Å². The Bertz CT molecular complexity index is 2440. The summed E-state index contributed by atoms with van der Waals surface area (Å²) in [5.74, 6) is 4.49. The van der Waals surface area contributed by atoms with E-state index in [0.717, 1.165) is 99.2 Å². The Morgan fingerprint density at radius 1 is 0.583 bits per heavy atom. The Balaban J connectivity index is 0.946. The lowest BCUT2D eigenvalue weighted by atomic mass is 9.75. The van der Waals surface area contributed by atoms with Gasteiger partial charge in [-0.15, -0.1) is 0 Å². The largest absolute Gasteiger partial charge is 0.260 e. The summed E-state index contributed by atoms with van der Waals surface area (Å²) in [5, 5.41) is 0. The highest BCUT2D eigenvalue weighted by atomic mass is 15.0. The van der Waals surface area contributed by atoms with Gasteiger partial charge in [-0.2, -0.15) is 0 Å². The van der Waals surface area contributed by atoms with E-state index in [0.29, 0.717) is 29.6 Å². The molecule has 5 atom stereocenters. The minimum Gasteiger partial charge on any atom is -0.260 e. The fourth-order valence-electron chi connectivity index (χ4n) is 10.6. The number of benzene rings is 2. The second-order valence-electron chi connectivity index (χ2n) is 17.9. The average Bonchev–Trinajstić information content (AvgIpc) is 3.35. The number of hydrogen-bond donors (Lipinski definition) is 0. The van der Waals surface area contributed by atoms with Crippen LogP contribution in [-0.2, 0) is 0 Å². The first kappa shape index (κ1) is 38.7. The van der Waals surface area contributed by atoms with Crippen LogP contribution in [-0.4, -0.2) is 20.7 Å². The SMILES string of the molecule is C1=CCCC(C2CC(C3=CC(c4cccc(-c5nc(C6=CCC(c7ccccc7)C=C6)nc(C6CC=C(C7C=CCCC7)CC6)n5)c4)CCC3)=CN=C2C2=CCCC=C2)=C1. The van der Waals surface area contributed by atoms with Crippen LogP contribution in [0.15, 0.2) is 173 Å². The molecule has 0 radical (unpaired) electrons. The van der Waals surface area contributed by atoms with E-state index < -0.39 is 0 Å². The van der Waals surface area contributed by atoms with Gasteiger partial charge in [-0.05, 0) is 136 Å². The zero-order valence-corrected chi connectivity index (χ0v) is 35.1. The lowest BCUT2D eigenvalue weighted by Gasteiger charge is -2.31. The lowest BCUT2D eigenvalue weighted by molar-refractivity contribution is 0.511. The van der Waals surface area contributed by atoms with Crippen LogP contribution in [0, 0.1) is 11.8 Å². The third kappa shape index (κ3) is 8.57. The van der Waals surface area contributed by atoms with E-state index in [-0.39, 0.29) is 0 Å². The van der Waals surface area contributed by atoms with Crippen molar-refractivity contribution in [3.05, 3.63) is 190 Å². The Labute approximate surface area is 357 Å². The van der Waals surface area contributed by atoms with E-state index in [1.165, 1.54) is 64.8 Å². The summed E-state index contributed by atoms with van der Waals surface area (Å²) in [4.78, 5) is 21.1. The number of aromatic nitrogens is 3. The summed E-state index contributed by atoms with van der Waals surface area (Å²) in [6.07, 6.45) is 49.8. The molecule has 1 aliphatic heterocycles. The van der Waals surface area contributed by atoms with Gasteiger partial charge in [-0.25, -0.2) is 15.0 Å². The first-order valence-electron chi connectivity index (χ1n) is 23.1. The molecule has 5 unspecified atom stereocenters. The number of aliphatic imine (C=N–C) groups is 1. The lowest BCUT2D eigenvalue weighted by Crippen LogP contribution is -2.24. The standard InChI is InChI=1S/C56H58N4/c1-5-15-39(16-6-1)41-27-31-45(32-28-41)54-58-55(46-33-29-42(30-34-46)40-17-7-2-8-18-40)60-56(59-54)50-26-14-24-48(36-50)47-23-13-25-49(35-47)51-37-52(43-19-9-3-10-20-43)53(57-38-51)44-21-11-4-12-22-44/h1,3,5-7,9,11,14-17,19,21-22,24,26-27,29,31-32,35-36,38,40-41,46-47,52H,2,4,8,10,12-13,18,20,23,25,28,30,33-34,37H2. The molecule has 60 heavy (non-hydrogen) atoms. The Morgan fingerprint density at radius 3 is 2.30 bits per heavy atom. The van der Waals surface area contributed by atoms with Crippen LogP contribution < -0.4 is 0 Å². The molecule has 4 nitrogen and oxygen atoms in total. The summed E-state index contributed by atoms with van der Waals surface area (Å²) in [6.45, 7) is 0. The maximum atomic E-state index is 5.32. The van der Waals surface area contributed by atoms with Crippen molar-refractivity contribution >= 4 is 11.3 Å². The van der Waals surface area contributed by atoms with Gasteiger partial charge < -0.3 is 0 Å². The normalized spacial score (nSPS) is 26.6. The second kappa shape index (κ2) is 18.0. The van der Waals surface area contributed by atoms with Crippen LogP contribution in [0.2, 0.25) is 0 Å². The van der Waals surface area contributed by atoms with Gasteiger partial charge in [-0.1, -0.05) is 139 Å². The molecule has 302 valence electrons. The van der Waals surface area contributed by atoms with Crippen molar-refractivity contribution in [1.82, 2.24) is 15.0 Å². The highest BCUT2D eigenvalue weighted by Gasteiger charge is 2.30.